The third-order valence-corrected chi connectivity index (χ3v) is 4.20. The Morgan fingerprint density at radius 3 is 2.38 bits per heavy atom. The molecule has 0 aliphatic carbocycles. The highest BCUT2D eigenvalue weighted by atomic mass is 79.9. The molecule has 2 N–H and O–H groups in total. The van der Waals surface area contributed by atoms with Gasteiger partial charge in [-0.05, 0) is 36.4 Å². The molecule has 1 aliphatic rings. The fourth-order valence-corrected chi connectivity index (χ4v) is 2.56. The van der Waals surface area contributed by atoms with E-state index in [1.165, 1.54) is 12.1 Å². The van der Waals surface area contributed by atoms with E-state index < -0.39 is 6.03 Å². The SMILES string of the molecule is O=C1Nc2cc(Cl)c(Cl)cc2N(O)N1c1ccc(Br)cc1. The number of rotatable bonds is 1. The van der Waals surface area contributed by atoms with Crippen LogP contribution in [0.25, 0.3) is 0 Å². The van der Waals surface area contributed by atoms with E-state index in [4.69, 9.17) is 23.2 Å². The molecule has 0 aromatic heterocycles. The molecule has 0 radical (unpaired) electrons. The molecule has 8 heteroatoms. The second-order valence-corrected chi connectivity index (χ2v) is 6.02. The Labute approximate surface area is 138 Å². The average Bonchev–Trinajstić information content (AvgIpc) is 2.43. The molecule has 0 atom stereocenters. The van der Waals surface area contributed by atoms with E-state index in [0.29, 0.717) is 22.1 Å². The molecule has 0 saturated carbocycles. The third kappa shape index (κ3) is 2.55. The molecular formula is C13H8BrCl2N3O2. The van der Waals surface area contributed by atoms with Gasteiger partial charge in [-0.3, -0.25) is 5.21 Å². The number of urea groups is 1. The highest BCUT2D eigenvalue weighted by Crippen LogP contribution is 2.38. The van der Waals surface area contributed by atoms with Crippen LogP contribution in [0.5, 0.6) is 0 Å². The minimum absolute atomic E-state index is 0.279. The van der Waals surface area contributed by atoms with Crippen LogP contribution in [-0.4, -0.2) is 11.2 Å². The van der Waals surface area contributed by atoms with Crippen molar-refractivity contribution in [3.05, 3.63) is 50.9 Å². The summed E-state index contributed by atoms with van der Waals surface area (Å²) in [7, 11) is 0. The molecule has 0 saturated heterocycles. The predicted octanol–water partition coefficient (Wildman–Crippen LogP) is 4.92. The smallest absolute Gasteiger partial charge is 0.304 e. The van der Waals surface area contributed by atoms with Crippen molar-refractivity contribution in [2.24, 2.45) is 0 Å². The summed E-state index contributed by atoms with van der Waals surface area (Å²) in [5, 5.41) is 15.4. The minimum atomic E-state index is -0.509. The molecule has 0 fully saturated rings. The van der Waals surface area contributed by atoms with Crippen LogP contribution < -0.4 is 15.5 Å². The summed E-state index contributed by atoms with van der Waals surface area (Å²) in [6, 6.07) is 9.36. The molecule has 2 aromatic rings. The summed E-state index contributed by atoms with van der Waals surface area (Å²) < 4.78 is 0.864. The van der Waals surface area contributed by atoms with Crippen LogP contribution >= 0.6 is 39.1 Å². The topological polar surface area (TPSA) is 55.8 Å². The van der Waals surface area contributed by atoms with Crippen molar-refractivity contribution >= 4 is 62.2 Å². The molecule has 0 unspecified atom stereocenters. The van der Waals surface area contributed by atoms with E-state index in [9.17, 15) is 10.0 Å². The van der Waals surface area contributed by atoms with Gasteiger partial charge in [0, 0.05) is 4.47 Å². The van der Waals surface area contributed by atoms with Gasteiger partial charge in [0.2, 0.25) is 0 Å². The van der Waals surface area contributed by atoms with Crippen LogP contribution in [0, 0.1) is 0 Å². The zero-order valence-corrected chi connectivity index (χ0v) is 13.4. The largest absolute Gasteiger partial charge is 0.347 e. The molecule has 3 rings (SSSR count). The summed E-state index contributed by atoms with van der Waals surface area (Å²) >= 11 is 15.2. The Hall–Kier alpha value is -1.47. The number of amides is 2. The van der Waals surface area contributed by atoms with Gasteiger partial charge in [0.1, 0.15) is 5.69 Å². The zero-order chi connectivity index (χ0) is 15.1. The summed E-state index contributed by atoms with van der Waals surface area (Å²) in [4.78, 5) is 12.2. The molecule has 108 valence electrons. The van der Waals surface area contributed by atoms with Crippen LogP contribution in [-0.2, 0) is 0 Å². The lowest BCUT2D eigenvalue weighted by molar-refractivity contribution is 0.221. The number of fused-ring (bicyclic) bond motifs is 1. The predicted molar refractivity (Wildman–Crippen MR) is 86.4 cm³/mol. The van der Waals surface area contributed by atoms with Crippen molar-refractivity contribution < 1.29 is 10.0 Å². The van der Waals surface area contributed by atoms with E-state index >= 15 is 0 Å². The number of carbonyl (C=O) groups excluding carboxylic acids is 1. The molecule has 5 nitrogen and oxygen atoms in total. The first-order valence-corrected chi connectivity index (χ1v) is 7.37. The molecule has 1 aliphatic heterocycles. The van der Waals surface area contributed by atoms with Gasteiger partial charge in [0.05, 0.1) is 21.4 Å². The number of carbonyl (C=O) groups is 1. The summed E-state index contributed by atoms with van der Waals surface area (Å²) in [6.45, 7) is 0. The highest BCUT2D eigenvalue weighted by molar-refractivity contribution is 9.10. The fourth-order valence-electron chi connectivity index (χ4n) is 1.97. The van der Waals surface area contributed by atoms with E-state index in [0.717, 1.165) is 14.7 Å². The number of nitrogens with one attached hydrogen (secondary N) is 1. The molecule has 1 heterocycles. The highest BCUT2D eigenvalue weighted by Gasteiger charge is 2.31. The molecule has 2 aromatic carbocycles. The maximum Gasteiger partial charge on any atom is 0.347 e. The van der Waals surface area contributed by atoms with Crippen molar-refractivity contribution in [1.29, 1.82) is 0 Å². The van der Waals surface area contributed by atoms with E-state index in [2.05, 4.69) is 21.2 Å². The van der Waals surface area contributed by atoms with E-state index in [-0.39, 0.29) is 5.02 Å². The first-order valence-electron chi connectivity index (χ1n) is 5.82. The van der Waals surface area contributed by atoms with Crippen molar-refractivity contribution in [2.75, 3.05) is 15.5 Å². The minimum Gasteiger partial charge on any atom is -0.304 e. The van der Waals surface area contributed by atoms with Crippen LogP contribution in [0.3, 0.4) is 0 Å². The van der Waals surface area contributed by atoms with Gasteiger partial charge in [0.25, 0.3) is 0 Å². The van der Waals surface area contributed by atoms with Crippen molar-refractivity contribution in [2.45, 2.75) is 0 Å². The molecule has 2 amide bonds. The van der Waals surface area contributed by atoms with Crippen LogP contribution in [0.1, 0.15) is 0 Å². The zero-order valence-electron chi connectivity index (χ0n) is 10.3. The molecule has 0 spiro atoms. The number of benzene rings is 2. The van der Waals surface area contributed by atoms with Crippen LogP contribution in [0.15, 0.2) is 40.9 Å². The second kappa shape index (κ2) is 5.38. The maximum atomic E-state index is 12.2. The van der Waals surface area contributed by atoms with Gasteiger partial charge in [0.15, 0.2) is 0 Å². The fraction of sp³-hybridized carbons (Fsp3) is 0. The lowest BCUT2D eigenvalue weighted by Gasteiger charge is -2.36. The van der Waals surface area contributed by atoms with Crippen molar-refractivity contribution in [1.82, 2.24) is 0 Å². The third-order valence-electron chi connectivity index (χ3n) is 2.95. The monoisotopic (exact) mass is 387 g/mol. The average molecular weight is 389 g/mol. The number of hydrazine groups is 1. The number of hydrogen-bond donors (Lipinski definition) is 2. The second-order valence-electron chi connectivity index (χ2n) is 4.29. The Balaban J connectivity index is 2.06. The molecule has 0 bridgehead atoms. The number of nitrogens with zero attached hydrogens (tertiary/aromatic N) is 2. The van der Waals surface area contributed by atoms with Gasteiger partial charge < -0.3 is 5.32 Å². The standard InChI is InChI=1S/C13H8BrCl2N3O2/c14-7-1-3-8(4-2-7)18-13(20)17-11-5-9(15)10(16)6-12(11)19(18)21/h1-6,21H,(H,17,20). The Bertz CT molecular complexity index is 724. The van der Waals surface area contributed by atoms with Gasteiger partial charge in [-0.25, -0.2) is 4.79 Å². The molecular weight excluding hydrogens is 381 g/mol. The van der Waals surface area contributed by atoms with Gasteiger partial charge in [-0.1, -0.05) is 39.1 Å². The van der Waals surface area contributed by atoms with Gasteiger partial charge >= 0.3 is 6.03 Å². The Kier molecular flexibility index (Phi) is 3.71. The Morgan fingerprint density at radius 1 is 1.10 bits per heavy atom. The first-order chi connectivity index (χ1) is 9.97. The van der Waals surface area contributed by atoms with E-state index in [1.54, 1.807) is 24.3 Å². The lowest BCUT2D eigenvalue weighted by atomic mass is 10.2. The quantitative estimate of drug-likeness (QED) is 0.728. The summed E-state index contributed by atoms with van der Waals surface area (Å²) in [6.07, 6.45) is 0. The lowest BCUT2D eigenvalue weighted by Crippen LogP contribution is -2.51. The number of hydrogen-bond acceptors (Lipinski definition) is 3. The molecule has 21 heavy (non-hydrogen) atoms. The first kappa shape index (κ1) is 14.5. The van der Waals surface area contributed by atoms with Gasteiger partial charge in [-0.15, -0.1) is 0 Å². The van der Waals surface area contributed by atoms with Crippen molar-refractivity contribution in [3.8, 4) is 0 Å². The normalized spacial score (nSPS) is 14.0. The van der Waals surface area contributed by atoms with Gasteiger partial charge in [-0.2, -0.15) is 10.2 Å². The van der Waals surface area contributed by atoms with Crippen LogP contribution in [0.4, 0.5) is 21.9 Å². The number of halogens is 3. The van der Waals surface area contributed by atoms with Crippen molar-refractivity contribution in [3.63, 3.8) is 0 Å². The Morgan fingerprint density at radius 2 is 1.71 bits per heavy atom. The maximum absolute atomic E-state index is 12.2. The van der Waals surface area contributed by atoms with E-state index in [1.807, 2.05) is 0 Å². The number of anilines is 3. The van der Waals surface area contributed by atoms with Crippen LogP contribution in [0.2, 0.25) is 10.0 Å². The summed E-state index contributed by atoms with van der Waals surface area (Å²) in [5.41, 5.74) is 1.20. The summed E-state index contributed by atoms with van der Waals surface area (Å²) in [5.74, 6) is 0.